The van der Waals surface area contributed by atoms with E-state index in [9.17, 15) is 4.79 Å². The fraction of sp³-hybridized carbons (Fsp3) is 0.867. The number of nitriles is 1. The Morgan fingerprint density at radius 3 is 2.70 bits per heavy atom. The topological polar surface area (TPSA) is 65.4 Å². The monoisotopic (exact) mass is 281 g/mol. The molecule has 1 rings (SSSR count). The Morgan fingerprint density at radius 2 is 2.15 bits per heavy atom. The molecule has 1 aliphatic heterocycles. The molecule has 0 radical (unpaired) electrons. The lowest BCUT2D eigenvalue weighted by Gasteiger charge is -2.37. The van der Waals surface area contributed by atoms with Gasteiger partial charge in [0.2, 0.25) is 0 Å². The molecular weight excluding hydrogens is 254 g/mol. The molecule has 1 saturated heterocycles. The maximum absolute atomic E-state index is 11.4. The highest BCUT2D eigenvalue weighted by Gasteiger charge is 2.29. The van der Waals surface area contributed by atoms with Gasteiger partial charge in [0.05, 0.1) is 19.7 Å². The number of ether oxygens (including phenoxy) is 1. The number of esters is 1. The largest absolute Gasteiger partial charge is 0.469 e. The van der Waals surface area contributed by atoms with Gasteiger partial charge in [0.1, 0.15) is 0 Å². The predicted molar refractivity (Wildman–Crippen MR) is 78.0 cm³/mol. The molecule has 5 nitrogen and oxygen atoms in total. The van der Waals surface area contributed by atoms with Crippen LogP contribution in [0.4, 0.5) is 0 Å². The minimum atomic E-state index is -0.164. The summed E-state index contributed by atoms with van der Waals surface area (Å²) in [6, 6.07) is 2.54. The lowest BCUT2D eigenvalue weighted by Crippen LogP contribution is -2.51. The van der Waals surface area contributed by atoms with Crippen LogP contribution in [0.5, 0.6) is 0 Å². The summed E-state index contributed by atoms with van der Waals surface area (Å²) in [4.78, 5) is 13.6. The van der Waals surface area contributed by atoms with Crippen molar-refractivity contribution in [3.05, 3.63) is 0 Å². The number of piperidine rings is 1. The quantitative estimate of drug-likeness (QED) is 0.609. The van der Waals surface area contributed by atoms with Crippen LogP contribution in [0.1, 0.15) is 33.6 Å². The highest BCUT2D eigenvalue weighted by atomic mass is 16.5. The van der Waals surface area contributed by atoms with Gasteiger partial charge in [0.25, 0.3) is 0 Å². The SMILES string of the molecule is COC(=O)CC1CC(NCC(C)(C)C)CN(CC#N)C1. The fourth-order valence-corrected chi connectivity index (χ4v) is 2.60. The van der Waals surface area contributed by atoms with Crippen molar-refractivity contribution in [1.82, 2.24) is 10.2 Å². The molecule has 2 unspecified atom stereocenters. The lowest BCUT2D eigenvalue weighted by molar-refractivity contribution is -0.142. The summed E-state index contributed by atoms with van der Waals surface area (Å²) in [6.07, 6.45) is 1.40. The molecule has 1 fully saturated rings. The van der Waals surface area contributed by atoms with E-state index in [4.69, 9.17) is 10.00 Å². The van der Waals surface area contributed by atoms with Gasteiger partial charge in [0.15, 0.2) is 0 Å². The molecule has 20 heavy (non-hydrogen) atoms. The molecule has 0 amide bonds. The first-order valence-electron chi connectivity index (χ1n) is 7.23. The Labute approximate surface area is 122 Å². The van der Waals surface area contributed by atoms with Gasteiger partial charge in [0, 0.05) is 32.1 Å². The second kappa shape index (κ2) is 7.61. The third-order valence-corrected chi connectivity index (χ3v) is 3.51. The van der Waals surface area contributed by atoms with E-state index in [-0.39, 0.29) is 17.3 Å². The van der Waals surface area contributed by atoms with Crippen LogP contribution in [-0.2, 0) is 9.53 Å². The summed E-state index contributed by atoms with van der Waals surface area (Å²) >= 11 is 0. The summed E-state index contributed by atoms with van der Waals surface area (Å²) in [5.41, 5.74) is 0.231. The van der Waals surface area contributed by atoms with Crippen molar-refractivity contribution < 1.29 is 9.53 Å². The van der Waals surface area contributed by atoms with Crippen molar-refractivity contribution >= 4 is 5.97 Å². The van der Waals surface area contributed by atoms with Gasteiger partial charge in [-0.05, 0) is 17.8 Å². The van der Waals surface area contributed by atoms with Crippen LogP contribution in [0, 0.1) is 22.7 Å². The highest BCUT2D eigenvalue weighted by molar-refractivity contribution is 5.69. The Bertz CT molecular complexity index is 357. The molecule has 114 valence electrons. The van der Waals surface area contributed by atoms with Gasteiger partial charge in [-0.15, -0.1) is 0 Å². The van der Waals surface area contributed by atoms with Crippen LogP contribution in [-0.4, -0.2) is 50.2 Å². The van der Waals surface area contributed by atoms with E-state index in [1.165, 1.54) is 7.11 Å². The zero-order valence-corrected chi connectivity index (χ0v) is 13.1. The normalized spacial score (nSPS) is 24.1. The van der Waals surface area contributed by atoms with Crippen LogP contribution in [0.25, 0.3) is 0 Å². The molecule has 0 saturated carbocycles. The van der Waals surface area contributed by atoms with Crippen LogP contribution in [0.15, 0.2) is 0 Å². The zero-order chi connectivity index (χ0) is 15.2. The van der Waals surface area contributed by atoms with Gasteiger partial charge in [-0.3, -0.25) is 9.69 Å². The molecule has 0 bridgehead atoms. The molecule has 0 aromatic heterocycles. The molecule has 1 N–H and O–H groups in total. The zero-order valence-electron chi connectivity index (χ0n) is 13.1. The number of likely N-dealkylation sites (tertiary alicyclic amines) is 1. The number of carbonyl (C=O) groups excluding carboxylic acids is 1. The Morgan fingerprint density at radius 1 is 1.45 bits per heavy atom. The first kappa shape index (κ1) is 16.9. The summed E-state index contributed by atoms with van der Waals surface area (Å²) in [5.74, 6) is 0.102. The standard InChI is InChI=1S/C15H27N3O2/c1-15(2,3)11-17-13-7-12(8-14(19)20-4)9-18(10-13)6-5-16/h12-13,17H,6-11H2,1-4H3. The molecule has 0 spiro atoms. The Balaban J connectivity index is 2.56. The molecule has 0 aliphatic carbocycles. The summed E-state index contributed by atoms with van der Waals surface area (Å²) < 4.78 is 4.75. The van der Waals surface area contributed by atoms with E-state index in [0.717, 1.165) is 26.1 Å². The first-order valence-corrected chi connectivity index (χ1v) is 7.23. The van der Waals surface area contributed by atoms with Crippen LogP contribution in [0.2, 0.25) is 0 Å². The van der Waals surface area contributed by atoms with E-state index in [2.05, 4.69) is 37.1 Å². The van der Waals surface area contributed by atoms with E-state index >= 15 is 0 Å². The molecule has 0 aromatic rings. The number of nitrogens with zero attached hydrogens (tertiary/aromatic N) is 2. The van der Waals surface area contributed by atoms with Crippen LogP contribution >= 0.6 is 0 Å². The van der Waals surface area contributed by atoms with E-state index in [1.807, 2.05) is 0 Å². The summed E-state index contributed by atoms with van der Waals surface area (Å²) in [5, 5.41) is 12.4. The average molecular weight is 281 g/mol. The van der Waals surface area contributed by atoms with Gasteiger partial charge >= 0.3 is 5.97 Å². The predicted octanol–water partition coefficient (Wildman–Crippen LogP) is 1.40. The maximum Gasteiger partial charge on any atom is 0.305 e. The molecule has 0 aromatic carbocycles. The molecule has 5 heteroatoms. The first-order chi connectivity index (χ1) is 9.34. The number of hydrogen-bond acceptors (Lipinski definition) is 5. The van der Waals surface area contributed by atoms with Gasteiger partial charge < -0.3 is 10.1 Å². The smallest absolute Gasteiger partial charge is 0.305 e. The number of hydrogen-bond donors (Lipinski definition) is 1. The summed E-state index contributed by atoms with van der Waals surface area (Å²) in [7, 11) is 1.42. The average Bonchev–Trinajstić information content (AvgIpc) is 2.35. The third kappa shape index (κ3) is 6.36. The second-order valence-corrected chi connectivity index (χ2v) is 6.87. The molecular formula is C15H27N3O2. The highest BCUT2D eigenvalue weighted by Crippen LogP contribution is 2.21. The van der Waals surface area contributed by atoms with Crippen molar-refractivity contribution in [2.45, 2.75) is 39.7 Å². The van der Waals surface area contributed by atoms with Crippen molar-refractivity contribution in [2.75, 3.05) is 33.3 Å². The van der Waals surface area contributed by atoms with Gasteiger partial charge in [-0.25, -0.2) is 0 Å². The van der Waals surface area contributed by atoms with Crippen molar-refractivity contribution in [3.63, 3.8) is 0 Å². The van der Waals surface area contributed by atoms with E-state index in [0.29, 0.717) is 19.0 Å². The number of nitrogens with one attached hydrogen (secondary N) is 1. The Kier molecular flexibility index (Phi) is 6.44. The van der Waals surface area contributed by atoms with E-state index in [1.54, 1.807) is 0 Å². The second-order valence-electron chi connectivity index (χ2n) is 6.87. The molecule has 2 atom stereocenters. The summed E-state index contributed by atoms with van der Waals surface area (Å²) in [6.45, 7) is 9.62. The number of methoxy groups -OCH3 is 1. The van der Waals surface area contributed by atoms with Gasteiger partial charge in [-0.1, -0.05) is 20.8 Å². The lowest BCUT2D eigenvalue weighted by atomic mass is 9.90. The number of rotatable bonds is 5. The molecule has 1 heterocycles. The number of carbonyl (C=O) groups is 1. The minimum Gasteiger partial charge on any atom is -0.469 e. The van der Waals surface area contributed by atoms with E-state index < -0.39 is 0 Å². The fourth-order valence-electron chi connectivity index (χ4n) is 2.60. The minimum absolute atomic E-state index is 0.164. The van der Waals surface area contributed by atoms with Crippen molar-refractivity contribution in [3.8, 4) is 6.07 Å². The Hall–Kier alpha value is -1.12. The van der Waals surface area contributed by atoms with Crippen molar-refractivity contribution in [1.29, 1.82) is 5.26 Å². The van der Waals surface area contributed by atoms with Crippen molar-refractivity contribution in [2.24, 2.45) is 11.3 Å². The van der Waals surface area contributed by atoms with Gasteiger partial charge in [-0.2, -0.15) is 5.26 Å². The maximum atomic E-state index is 11.4. The van der Waals surface area contributed by atoms with Crippen LogP contribution in [0.3, 0.4) is 0 Å². The van der Waals surface area contributed by atoms with Crippen LogP contribution < -0.4 is 5.32 Å². The third-order valence-electron chi connectivity index (χ3n) is 3.51. The molecule has 1 aliphatic rings.